The maximum Gasteiger partial charge on any atom is 0.0159 e. The van der Waals surface area contributed by atoms with Gasteiger partial charge in [0, 0.05) is 5.41 Å². The summed E-state index contributed by atoms with van der Waals surface area (Å²) in [5, 5.41) is 0. The van der Waals surface area contributed by atoms with Crippen LogP contribution in [0.5, 0.6) is 0 Å². The van der Waals surface area contributed by atoms with Crippen molar-refractivity contribution in [3.05, 3.63) is 89.5 Å². The molecule has 2 aromatic carbocycles. The van der Waals surface area contributed by atoms with Crippen molar-refractivity contribution >= 4 is 5.57 Å². The van der Waals surface area contributed by atoms with Crippen molar-refractivity contribution in [1.29, 1.82) is 0 Å². The average molecular weight is 300 g/mol. The van der Waals surface area contributed by atoms with Gasteiger partial charge < -0.3 is 0 Å². The summed E-state index contributed by atoms with van der Waals surface area (Å²) < 4.78 is 0. The fraction of sp³-hybridized carbons (Fsp3) is 0.217. The number of rotatable bonds is 3. The van der Waals surface area contributed by atoms with Crippen LogP contribution in [-0.4, -0.2) is 0 Å². The fourth-order valence-electron chi connectivity index (χ4n) is 3.68. The number of aryl methyl sites for hydroxylation is 1. The maximum absolute atomic E-state index is 3.88. The van der Waals surface area contributed by atoms with Gasteiger partial charge in [0.25, 0.3) is 0 Å². The van der Waals surface area contributed by atoms with Crippen LogP contribution in [-0.2, 0) is 5.41 Å². The van der Waals surface area contributed by atoms with E-state index in [1.165, 1.54) is 39.0 Å². The zero-order chi connectivity index (χ0) is 16.6. The van der Waals surface area contributed by atoms with Crippen LogP contribution in [0.15, 0.2) is 67.3 Å². The van der Waals surface area contributed by atoms with Gasteiger partial charge in [-0.1, -0.05) is 86.7 Å². The molecular formula is C23H24. The molecule has 0 bridgehead atoms. The third kappa shape index (κ3) is 2.39. The van der Waals surface area contributed by atoms with Gasteiger partial charge in [-0.05, 0) is 47.2 Å². The Kier molecular flexibility index (Phi) is 3.85. The standard InChI is InChI=1S/C23H24/c1-6-9-17(10-7-2)18-11-8-12-20-22(18)19-14-13-16(3)15-21(19)23(20,4)5/h6-15H,1H2,2-5H3/b10-7-,17-9+. The minimum atomic E-state index is 0.0436. The smallest absolute Gasteiger partial charge is 0.0159 e. The Morgan fingerprint density at radius 1 is 1.09 bits per heavy atom. The van der Waals surface area contributed by atoms with Crippen LogP contribution < -0.4 is 0 Å². The maximum atomic E-state index is 3.88. The first-order valence-electron chi connectivity index (χ1n) is 8.21. The van der Waals surface area contributed by atoms with Crippen LogP contribution >= 0.6 is 0 Å². The van der Waals surface area contributed by atoms with E-state index in [0.717, 1.165) is 0 Å². The minimum absolute atomic E-state index is 0.0436. The molecule has 2 aromatic rings. The SMILES string of the molecule is C=C/C=C(\C=C/C)c1cccc2c1-c1ccc(C)cc1C2(C)C. The molecule has 3 rings (SSSR count). The highest BCUT2D eigenvalue weighted by Crippen LogP contribution is 2.51. The van der Waals surface area contributed by atoms with Crippen molar-refractivity contribution in [3.8, 4) is 11.1 Å². The topological polar surface area (TPSA) is 0 Å². The quantitative estimate of drug-likeness (QED) is 0.572. The Hall–Kier alpha value is -2.34. The van der Waals surface area contributed by atoms with Crippen LogP contribution in [0.25, 0.3) is 16.7 Å². The highest BCUT2D eigenvalue weighted by molar-refractivity contribution is 5.92. The van der Waals surface area contributed by atoms with E-state index in [1.807, 2.05) is 6.08 Å². The molecular weight excluding hydrogens is 276 g/mol. The Bertz CT molecular complexity index is 829. The molecule has 0 heterocycles. The molecule has 0 heteroatoms. The van der Waals surface area contributed by atoms with E-state index >= 15 is 0 Å². The summed E-state index contributed by atoms with van der Waals surface area (Å²) >= 11 is 0. The first-order valence-corrected chi connectivity index (χ1v) is 8.21. The van der Waals surface area contributed by atoms with Crippen molar-refractivity contribution in [2.45, 2.75) is 33.1 Å². The molecule has 0 N–H and O–H groups in total. The highest BCUT2D eigenvalue weighted by Gasteiger charge is 2.36. The molecule has 116 valence electrons. The van der Waals surface area contributed by atoms with Crippen LogP contribution in [0, 0.1) is 6.92 Å². The first kappa shape index (κ1) is 15.6. The van der Waals surface area contributed by atoms with Gasteiger partial charge in [0.15, 0.2) is 0 Å². The summed E-state index contributed by atoms with van der Waals surface area (Å²) in [5.41, 5.74) is 9.45. The van der Waals surface area contributed by atoms with E-state index in [0.29, 0.717) is 0 Å². The van der Waals surface area contributed by atoms with Crippen LogP contribution in [0.1, 0.15) is 43.0 Å². The minimum Gasteiger partial charge on any atom is -0.0990 e. The number of fused-ring (bicyclic) bond motifs is 3. The zero-order valence-electron chi connectivity index (χ0n) is 14.5. The Morgan fingerprint density at radius 2 is 1.87 bits per heavy atom. The van der Waals surface area contributed by atoms with E-state index in [1.54, 1.807) is 0 Å². The van der Waals surface area contributed by atoms with Crippen molar-refractivity contribution in [3.63, 3.8) is 0 Å². The normalized spacial score (nSPS) is 15.6. The van der Waals surface area contributed by atoms with Gasteiger partial charge in [0.05, 0.1) is 0 Å². The zero-order valence-corrected chi connectivity index (χ0v) is 14.5. The van der Waals surface area contributed by atoms with Gasteiger partial charge in [0.1, 0.15) is 0 Å². The van der Waals surface area contributed by atoms with E-state index in [9.17, 15) is 0 Å². The average Bonchev–Trinajstić information content (AvgIpc) is 2.75. The van der Waals surface area contributed by atoms with E-state index in [2.05, 4.69) is 88.9 Å². The number of hydrogen-bond acceptors (Lipinski definition) is 0. The van der Waals surface area contributed by atoms with Gasteiger partial charge in [-0.3, -0.25) is 0 Å². The van der Waals surface area contributed by atoms with Crippen LogP contribution in [0.2, 0.25) is 0 Å². The summed E-state index contributed by atoms with van der Waals surface area (Å²) in [6.45, 7) is 12.8. The van der Waals surface area contributed by atoms with Crippen LogP contribution in [0.4, 0.5) is 0 Å². The lowest BCUT2D eigenvalue weighted by atomic mass is 9.81. The Balaban J connectivity index is 2.36. The molecule has 0 aromatic heterocycles. The molecule has 0 spiro atoms. The highest BCUT2D eigenvalue weighted by atomic mass is 14.4. The lowest BCUT2D eigenvalue weighted by molar-refractivity contribution is 0.659. The van der Waals surface area contributed by atoms with E-state index in [4.69, 9.17) is 0 Å². The fourth-order valence-corrected chi connectivity index (χ4v) is 3.68. The number of benzene rings is 2. The summed E-state index contributed by atoms with van der Waals surface area (Å²) in [6.07, 6.45) is 8.21. The Labute approximate surface area is 139 Å². The van der Waals surface area contributed by atoms with E-state index < -0.39 is 0 Å². The van der Waals surface area contributed by atoms with E-state index in [-0.39, 0.29) is 5.41 Å². The van der Waals surface area contributed by atoms with Crippen molar-refractivity contribution in [2.75, 3.05) is 0 Å². The van der Waals surface area contributed by atoms with Crippen LogP contribution in [0.3, 0.4) is 0 Å². The second-order valence-corrected chi connectivity index (χ2v) is 6.76. The molecule has 0 saturated carbocycles. The largest absolute Gasteiger partial charge is 0.0990 e. The predicted octanol–water partition coefficient (Wildman–Crippen LogP) is 6.45. The number of hydrogen-bond donors (Lipinski definition) is 0. The van der Waals surface area contributed by atoms with Crippen molar-refractivity contribution < 1.29 is 0 Å². The molecule has 0 fully saturated rings. The summed E-state index contributed by atoms with van der Waals surface area (Å²) in [7, 11) is 0. The first-order chi connectivity index (χ1) is 11.0. The molecule has 0 aliphatic heterocycles. The van der Waals surface area contributed by atoms with Crippen molar-refractivity contribution in [2.24, 2.45) is 0 Å². The van der Waals surface area contributed by atoms with Gasteiger partial charge in [0.2, 0.25) is 0 Å². The summed E-state index contributed by atoms with van der Waals surface area (Å²) in [4.78, 5) is 0. The van der Waals surface area contributed by atoms with Gasteiger partial charge in [-0.25, -0.2) is 0 Å². The third-order valence-electron chi connectivity index (χ3n) is 4.81. The molecule has 0 atom stereocenters. The van der Waals surface area contributed by atoms with Gasteiger partial charge >= 0.3 is 0 Å². The second-order valence-electron chi connectivity index (χ2n) is 6.76. The predicted molar refractivity (Wildman–Crippen MR) is 102 cm³/mol. The molecule has 1 aliphatic carbocycles. The molecule has 0 saturated heterocycles. The lowest BCUT2D eigenvalue weighted by Gasteiger charge is -2.22. The molecule has 0 nitrogen and oxygen atoms in total. The monoisotopic (exact) mass is 300 g/mol. The Morgan fingerprint density at radius 3 is 2.57 bits per heavy atom. The lowest BCUT2D eigenvalue weighted by Crippen LogP contribution is -2.15. The van der Waals surface area contributed by atoms with Crippen molar-refractivity contribution in [1.82, 2.24) is 0 Å². The van der Waals surface area contributed by atoms with Gasteiger partial charge in [-0.2, -0.15) is 0 Å². The second kappa shape index (κ2) is 5.70. The molecule has 23 heavy (non-hydrogen) atoms. The molecule has 0 radical (unpaired) electrons. The molecule has 0 unspecified atom stereocenters. The molecule has 1 aliphatic rings. The summed E-state index contributed by atoms with van der Waals surface area (Å²) in [5.74, 6) is 0. The third-order valence-corrected chi connectivity index (χ3v) is 4.81. The number of allylic oxidation sites excluding steroid dienone is 5. The summed E-state index contributed by atoms with van der Waals surface area (Å²) in [6, 6.07) is 13.5. The van der Waals surface area contributed by atoms with Gasteiger partial charge in [-0.15, -0.1) is 0 Å². The molecule has 0 amide bonds.